The van der Waals surface area contributed by atoms with Crippen LogP contribution in [0, 0.1) is 5.82 Å². The third kappa shape index (κ3) is 5.56. The van der Waals surface area contributed by atoms with Crippen molar-refractivity contribution >= 4 is 0 Å². The normalized spacial score (nSPS) is 12.3. The number of benzene rings is 2. The van der Waals surface area contributed by atoms with E-state index >= 15 is 0 Å². The summed E-state index contributed by atoms with van der Waals surface area (Å²) >= 11 is 0. The first-order chi connectivity index (χ1) is 10.1. The maximum atomic E-state index is 12.8. The van der Waals surface area contributed by atoms with E-state index in [4.69, 9.17) is 0 Å². The van der Waals surface area contributed by atoms with Gasteiger partial charge in [0, 0.05) is 6.04 Å². The summed E-state index contributed by atoms with van der Waals surface area (Å²) in [6.45, 7) is 3.06. The zero-order chi connectivity index (χ0) is 15.1. The SMILES string of the molecule is CC(CCc1ccc(O)cc1)NCCc1ccc(F)cc1. The maximum absolute atomic E-state index is 12.8. The van der Waals surface area contributed by atoms with Gasteiger partial charge in [0.2, 0.25) is 0 Å². The molecule has 1 atom stereocenters. The molecule has 2 nitrogen and oxygen atoms in total. The molecule has 0 heterocycles. The second-order valence-corrected chi connectivity index (χ2v) is 5.44. The van der Waals surface area contributed by atoms with Crippen molar-refractivity contribution < 1.29 is 9.50 Å². The van der Waals surface area contributed by atoms with Crippen LogP contribution >= 0.6 is 0 Å². The minimum atomic E-state index is -0.186. The van der Waals surface area contributed by atoms with Gasteiger partial charge in [-0.3, -0.25) is 0 Å². The summed E-state index contributed by atoms with van der Waals surface area (Å²) in [5.41, 5.74) is 2.38. The molecule has 0 radical (unpaired) electrons. The van der Waals surface area contributed by atoms with Gasteiger partial charge in [0.25, 0.3) is 0 Å². The van der Waals surface area contributed by atoms with Crippen LogP contribution < -0.4 is 5.32 Å². The van der Waals surface area contributed by atoms with E-state index in [-0.39, 0.29) is 5.82 Å². The van der Waals surface area contributed by atoms with Crippen LogP contribution in [0.4, 0.5) is 4.39 Å². The highest BCUT2D eigenvalue weighted by molar-refractivity contribution is 5.25. The van der Waals surface area contributed by atoms with Crippen LogP contribution in [0.3, 0.4) is 0 Å². The molecule has 2 N–H and O–H groups in total. The van der Waals surface area contributed by atoms with E-state index in [9.17, 15) is 9.50 Å². The average Bonchev–Trinajstić information content (AvgIpc) is 2.49. The van der Waals surface area contributed by atoms with Gasteiger partial charge in [0.05, 0.1) is 0 Å². The standard InChI is InChI=1S/C18H22FNO/c1-14(2-3-15-6-10-18(21)11-7-15)20-13-12-16-4-8-17(19)9-5-16/h4-11,14,20-21H,2-3,12-13H2,1H3. The number of phenolic OH excluding ortho intramolecular Hbond substituents is 1. The highest BCUT2D eigenvalue weighted by Gasteiger charge is 2.02. The highest BCUT2D eigenvalue weighted by atomic mass is 19.1. The van der Waals surface area contributed by atoms with Crippen molar-refractivity contribution in [3.63, 3.8) is 0 Å². The van der Waals surface area contributed by atoms with Crippen molar-refractivity contribution in [3.05, 3.63) is 65.5 Å². The van der Waals surface area contributed by atoms with Gasteiger partial charge in [-0.15, -0.1) is 0 Å². The summed E-state index contributed by atoms with van der Waals surface area (Å²) in [6, 6.07) is 14.5. The number of halogens is 1. The fourth-order valence-electron chi connectivity index (χ4n) is 2.26. The third-order valence-corrected chi connectivity index (χ3v) is 3.62. The maximum Gasteiger partial charge on any atom is 0.123 e. The number of nitrogens with one attached hydrogen (secondary N) is 1. The van der Waals surface area contributed by atoms with Crippen LogP contribution in [0.2, 0.25) is 0 Å². The molecule has 0 saturated carbocycles. The fourth-order valence-corrected chi connectivity index (χ4v) is 2.26. The first-order valence-electron chi connectivity index (χ1n) is 7.39. The second-order valence-electron chi connectivity index (χ2n) is 5.44. The lowest BCUT2D eigenvalue weighted by Crippen LogP contribution is -2.28. The summed E-state index contributed by atoms with van der Waals surface area (Å²) in [5, 5.41) is 12.7. The van der Waals surface area contributed by atoms with Crippen LogP contribution in [0.5, 0.6) is 5.75 Å². The molecule has 0 bridgehead atoms. The van der Waals surface area contributed by atoms with E-state index in [1.54, 1.807) is 12.1 Å². The van der Waals surface area contributed by atoms with Crippen molar-refractivity contribution in [1.82, 2.24) is 5.32 Å². The molecule has 0 saturated heterocycles. The Morgan fingerprint density at radius 2 is 1.52 bits per heavy atom. The summed E-state index contributed by atoms with van der Waals surface area (Å²) in [7, 11) is 0. The van der Waals surface area contributed by atoms with Crippen molar-refractivity contribution in [1.29, 1.82) is 0 Å². The van der Waals surface area contributed by atoms with Gasteiger partial charge in [-0.1, -0.05) is 24.3 Å². The van der Waals surface area contributed by atoms with Crippen LogP contribution in [-0.4, -0.2) is 17.7 Å². The Morgan fingerprint density at radius 1 is 0.952 bits per heavy atom. The number of hydrogen-bond donors (Lipinski definition) is 2. The Kier molecular flexibility index (Phi) is 5.76. The monoisotopic (exact) mass is 287 g/mol. The summed E-state index contributed by atoms with van der Waals surface area (Å²) in [5.74, 6) is 0.123. The average molecular weight is 287 g/mol. The van der Waals surface area contributed by atoms with E-state index < -0.39 is 0 Å². The summed E-state index contributed by atoms with van der Waals surface area (Å²) < 4.78 is 12.8. The number of aromatic hydroxyl groups is 1. The van der Waals surface area contributed by atoms with Gasteiger partial charge >= 0.3 is 0 Å². The lowest BCUT2D eigenvalue weighted by molar-refractivity contribution is 0.474. The molecule has 0 aromatic heterocycles. The smallest absolute Gasteiger partial charge is 0.123 e. The molecule has 2 aromatic rings. The summed E-state index contributed by atoms with van der Waals surface area (Å²) in [6.07, 6.45) is 2.95. The van der Waals surface area contributed by atoms with Crippen molar-refractivity contribution in [2.75, 3.05) is 6.54 Å². The number of hydrogen-bond acceptors (Lipinski definition) is 2. The fraction of sp³-hybridized carbons (Fsp3) is 0.333. The van der Waals surface area contributed by atoms with Crippen molar-refractivity contribution in [2.45, 2.75) is 32.2 Å². The molecule has 21 heavy (non-hydrogen) atoms. The van der Waals surface area contributed by atoms with Gasteiger partial charge in [-0.05, 0) is 68.1 Å². The van der Waals surface area contributed by atoms with E-state index in [2.05, 4.69) is 12.2 Å². The molecular formula is C18H22FNO. The molecule has 1 unspecified atom stereocenters. The van der Waals surface area contributed by atoms with E-state index in [0.29, 0.717) is 11.8 Å². The van der Waals surface area contributed by atoms with Crippen LogP contribution in [-0.2, 0) is 12.8 Å². The molecule has 0 aliphatic heterocycles. The first-order valence-corrected chi connectivity index (χ1v) is 7.39. The molecular weight excluding hydrogens is 265 g/mol. The number of aryl methyl sites for hydroxylation is 1. The van der Waals surface area contributed by atoms with E-state index in [0.717, 1.165) is 31.4 Å². The molecule has 0 aliphatic rings. The lowest BCUT2D eigenvalue weighted by atomic mass is 10.1. The molecule has 0 spiro atoms. The van der Waals surface area contributed by atoms with Gasteiger partial charge in [-0.2, -0.15) is 0 Å². The Balaban J connectivity index is 1.66. The predicted molar refractivity (Wildman–Crippen MR) is 84.0 cm³/mol. The Hall–Kier alpha value is -1.87. The second kappa shape index (κ2) is 7.79. The topological polar surface area (TPSA) is 32.3 Å². The van der Waals surface area contributed by atoms with Crippen LogP contribution in [0.1, 0.15) is 24.5 Å². The largest absolute Gasteiger partial charge is 0.508 e. The zero-order valence-electron chi connectivity index (χ0n) is 12.3. The van der Waals surface area contributed by atoms with Gasteiger partial charge < -0.3 is 10.4 Å². The molecule has 0 aliphatic carbocycles. The lowest BCUT2D eigenvalue weighted by Gasteiger charge is -2.14. The van der Waals surface area contributed by atoms with Crippen molar-refractivity contribution in [2.24, 2.45) is 0 Å². The van der Waals surface area contributed by atoms with Gasteiger partial charge in [0.15, 0.2) is 0 Å². The van der Waals surface area contributed by atoms with Crippen molar-refractivity contribution in [3.8, 4) is 5.75 Å². The minimum Gasteiger partial charge on any atom is -0.508 e. The Labute approximate surface area is 125 Å². The Bertz CT molecular complexity index is 536. The van der Waals surface area contributed by atoms with Crippen LogP contribution in [0.25, 0.3) is 0 Å². The molecule has 2 aromatic carbocycles. The summed E-state index contributed by atoms with van der Waals surface area (Å²) in [4.78, 5) is 0. The molecule has 3 heteroatoms. The van der Waals surface area contributed by atoms with E-state index in [1.807, 2.05) is 24.3 Å². The number of rotatable bonds is 7. The van der Waals surface area contributed by atoms with Gasteiger partial charge in [0.1, 0.15) is 11.6 Å². The molecule has 112 valence electrons. The highest BCUT2D eigenvalue weighted by Crippen LogP contribution is 2.12. The third-order valence-electron chi connectivity index (χ3n) is 3.62. The number of phenols is 1. The predicted octanol–water partition coefficient (Wildman–Crippen LogP) is 3.68. The molecule has 0 amide bonds. The van der Waals surface area contributed by atoms with Crippen LogP contribution in [0.15, 0.2) is 48.5 Å². The minimum absolute atomic E-state index is 0.186. The quantitative estimate of drug-likeness (QED) is 0.814. The molecule has 0 fully saturated rings. The molecule has 2 rings (SSSR count). The first kappa shape index (κ1) is 15.5. The van der Waals surface area contributed by atoms with E-state index in [1.165, 1.54) is 17.7 Å². The van der Waals surface area contributed by atoms with Gasteiger partial charge in [-0.25, -0.2) is 4.39 Å². The zero-order valence-corrected chi connectivity index (χ0v) is 12.3. The Morgan fingerprint density at radius 3 is 2.19 bits per heavy atom.